The molecule has 0 bridgehead atoms. The van der Waals surface area contributed by atoms with Gasteiger partial charge in [-0.2, -0.15) is 0 Å². The van der Waals surface area contributed by atoms with Crippen LogP contribution < -0.4 is 5.32 Å². The highest BCUT2D eigenvalue weighted by Gasteiger charge is 2.42. The van der Waals surface area contributed by atoms with Gasteiger partial charge in [-0.15, -0.1) is 10.2 Å². The van der Waals surface area contributed by atoms with E-state index in [-0.39, 0.29) is 11.3 Å². The number of hydrogen-bond donors (Lipinski definition) is 1. The molecular weight excluding hydrogens is 334 g/mol. The number of aryl methyl sites for hydroxylation is 1. The SMILES string of the molecule is COCCNC(=O)c1nnc2n1CC1(CC2)CCN(C(=O)C2CC2)CC1. The van der Waals surface area contributed by atoms with Crippen molar-refractivity contribution >= 4 is 11.8 Å². The number of fused-ring (bicyclic) bond motifs is 1. The lowest BCUT2D eigenvalue weighted by atomic mass is 9.73. The van der Waals surface area contributed by atoms with E-state index in [1.165, 1.54) is 0 Å². The Morgan fingerprint density at radius 1 is 1.23 bits per heavy atom. The zero-order valence-corrected chi connectivity index (χ0v) is 15.4. The summed E-state index contributed by atoms with van der Waals surface area (Å²) in [6.07, 6.45) is 6.01. The highest BCUT2D eigenvalue weighted by molar-refractivity contribution is 5.90. The van der Waals surface area contributed by atoms with Gasteiger partial charge in [0.15, 0.2) is 0 Å². The quantitative estimate of drug-likeness (QED) is 0.777. The standard InChI is InChI=1S/C18H27N5O3/c1-26-11-8-19-16(24)15-21-20-14-4-5-18(12-23(14)15)6-9-22(10-7-18)17(25)13-2-3-13/h13H,2-12H2,1H3,(H,19,24). The third-order valence-electron chi connectivity index (χ3n) is 6.06. The van der Waals surface area contributed by atoms with Crippen LogP contribution in [-0.2, 0) is 22.5 Å². The number of nitrogens with one attached hydrogen (secondary N) is 1. The van der Waals surface area contributed by atoms with Crippen LogP contribution in [0.25, 0.3) is 0 Å². The molecule has 0 radical (unpaired) electrons. The van der Waals surface area contributed by atoms with Crippen molar-refractivity contribution in [3.8, 4) is 0 Å². The number of carbonyl (C=O) groups is 2. The van der Waals surface area contributed by atoms with E-state index >= 15 is 0 Å². The van der Waals surface area contributed by atoms with Gasteiger partial charge >= 0.3 is 0 Å². The van der Waals surface area contributed by atoms with E-state index in [1.54, 1.807) is 7.11 Å². The lowest BCUT2D eigenvalue weighted by Gasteiger charge is -2.44. The Labute approximate surface area is 153 Å². The van der Waals surface area contributed by atoms with Crippen LogP contribution in [0.5, 0.6) is 0 Å². The summed E-state index contributed by atoms with van der Waals surface area (Å²) >= 11 is 0. The molecule has 26 heavy (non-hydrogen) atoms. The average Bonchev–Trinajstić information content (AvgIpc) is 3.42. The summed E-state index contributed by atoms with van der Waals surface area (Å²) in [5.74, 6) is 1.73. The number of piperidine rings is 1. The van der Waals surface area contributed by atoms with E-state index in [0.717, 1.165) is 64.0 Å². The molecule has 0 aromatic carbocycles. The number of nitrogens with zero attached hydrogens (tertiary/aromatic N) is 4. The van der Waals surface area contributed by atoms with Gasteiger partial charge in [-0.1, -0.05) is 0 Å². The smallest absolute Gasteiger partial charge is 0.289 e. The highest BCUT2D eigenvalue weighted by Crippen LogP contribution is 2.42. The number of hydrogen-bond acceptors (Lipinski definition) is 5. The first-order valence-corrected chi connectivity index (χ1v) is 9.60. The lowest BCUT2D eigenvalue weighted by Crippen LogP contribution is -2.47. The van der Waals surface area contributed by atoms with Crippen molar-refractivity contribution < 1.29 is 14.3 Å². The second kappa shape index (κ2) is 6.98. The molecule has 3 aliphatic rings. The lowest BCUT2D eigenvalue weighted by molar-refractivity contribution is -0.135. The number of likely N-dealkylation sites (tertiary alicyclic amines) is 1. The van der Waals surface area contributed by atoms with Gasteiger partial charge in [-0.3, -0.25) is 9.59 Å². The van der Waals surface area contributed by atoms with Crippen LogP contribution in [0.4, 0.5) is 0 Å². The van der Waals surface area contributed by atoms with Crippen molar-refractivity contribution in [3.05, 3.63) is 11.6 Å². The summed E-state index contributed by atoms with van der Waals surface area (Å²) < 4.78 is 6.96. The number of carbonyl (C=O) groups excluding carboxylic acids is 2. The van der Waals surface area contributed by atoms with Crippen LogP contribution in [-0.4, -0.2) is 64.8 Å². The summed E-state index contributed by atoms with van der Waals surface area (Å²) in [5.41, 5.74) is 0.150. The monoisotopic (exact) mass is 361 g/mol. The zero-order valence-electron chi connectivity index (χ0n) is 15.4. The minimum atomic E-state index is -0.195. The Hall–Kier alpha value is -1.96. The maximum Gasteiger partial charge on any atom is 0.289 e. The third kappa shape index (κ3) is 3.34. The molecule has 8 nitrogen and oxygen atoms in total. The topological polar surface area (TPSA) is 89.3 Å². The molecule has 8 heteroatoms. The Bertz CT molecular complexity index is 689. The largest absolute Gasteiger partial charge is 0.383 e. The molecule has 1 aromatic heterocycles. The zero-order chi connectivity index (χ0) is 18.1. The van der Waals surface area contributed by atoms with Crippen molar-refractivity contribution in [1.29, 1.82) is 0 Å². The number of ether oxygens (including phenoxy) is 1. The van der Waals surface area contributed by atoms with E-state index in [0.29, 0.717) is 30.8 Å². The Balaban J connectivity index is 1.42. The Morgan fingerprint density at radius 3 is 2.69 bits per heavy atom. The molecule has 1 spiro atoms. The van der Waals surface area contributed by atoms with E-state index < -0.39 is 0 Å². The predicted molar refractivity (Wildman–Crippen MR) is 93.5 cm³/mol. The summed E-state index contributed by atoms with van der Waals surface area (Å²) in [4.78, 5) is 26.7. The molecule has 0 unspecified atom stereocenters. The molecule has 1 saturated carbocycles. The number of methoxy groups -OCH3 is 1. The molecule has 2 aliphatic heterocycles. The highest BCUT2D eigenvalue weighted by atomic mass is 16.5. The van der Waals surface area contributed by atoms with Crippen molar-refractivity contribution in [2.24, 2.45) is 11.3 Å². The molecule has 1 aliphatic carbocycles. The maximum atomic E-state index is 12.4. The first-order chi connectivity index (χ1) is 12.6. The molecule has 2 amide bonds. The van der Waals surface area contributed by atoms with E-state index in [9.17, 15) is 9.59 Å². The summed E-state index contributed by atoms with van der Waals surface area (Å²) in [7, 11) is 1.61. The molecule has 142 valence electrons. The van der Waals surface area contributed by atoms with Crippen molar-refractivity contribution in [3.63, 3.8) is 0 Å². The van der Waals surface area contributed by atoms with Crippen LogP contribution in [0, 0.1) is 11.3 Å². The molecule has 4 rings (SSSR count). The predicted octanol–water partition coefficient (Wildman–Crippen LogP) is 0.619. The molecule has 1 saturated heterocycles. The number of rotatable bonds is 5. The summed E-state index contributed by atoms with van der Waals surface area (Å²) in [5, 5.41) is 11.2. The van der Waals surface area contributed by atoms with Crippen LogP contribution >= 0.6 is 0 Å². The fourth-order valence-corrected chi connectivity index (χ4v) is 4.19. The van der Waals surface area contributed by atoms with E-state index in [1.807, 2.05) is 9.47 Å². The Kier molecular flexibility index (Phi) is 4.69. The van der Waals surface area contributed by atoms with E-state index in [2.05, 4.69) is 15.5 Å². The van der Waals surface area contributed by atoms with Crippen LogP contribution in [0.3, 0.4) is 0 Å². The minimum absolute atomic E-state index is 0.150. The summed E-state index contributed by atoms with van der Waals surface area (Å²) in [6.45, 7) is 3.38. The van der Waals surface area contributed by atoms with E-state index in [4.69, 9.17) is 4.74 Å². The first kappa shape index (κ1) is 17.5. The first-order valence-electron chi connectivity index (χ1n) is 9.60. The molecule has 0 atom stereocenters. The fourth-order valence-electron chi connectivity index (χ4n) is 4.19. The van der Waals surface area contributed by atoms with Gasteiger partial charge in [0.05, 0.1) is 6.61 Å². The molecule has 1 N–H and O–H groups in total. The van der Waals surface area contributed by atoms with Crippen molar-refractivity contribution in [2.75, 3.05) is 33.4 Å². The van der Waals surface area contributed by atoms with Gasteiger partial charge in [0.1, 0.15) is 5.82 Å². The molecule has 1 aromatic rings. The normalized spacial score (nSPS) is 21.5. The van der Waals surface area contributed by atoms with Crippen LogP contribution in [0.2, 0.25) is 0 Å². The van der Waals surface area contributed by atoms with Gasteiger partial charge in [0, 0.05) is 45.6 Å². The second-order valence-corrected chi connectivity index (χ2v) is 7.87. The van der Waals surface area contributed by atoms with Gasteiger partial charge in [0.25, 0.3) is 5.91 Å². The summed E-state index contributed by atoms with van der Waals surface area (Å²) in [6, 6.07) is 0. The molecular formula is C18H27N5O3. The maximum absolute atomic E-state index is 12.4. The number of amides is 2. The second-order valence-electron chi connectivity index (χ2n) is 7.87. The van der Waals surface area contributed by atoms with Crippen LogP contribution in [0.1, 0.15) is 48.5 Å². The minimum Gasteiger partial charge on any atom is -0.383 e. The number of aromatic nitrogens is 3. The van der Waals surface area contributed by atoms with Gasteiger partial charge in [-0.05, 0) is 37.5 Å². The average molecular weight is 361 g/mol. The van der Waals surface area contributed by atoms with Crippen molar-refractivity contribution in [2.45, 2.75) is 45.1 Å². The fraction of sp³-hybridized carbons (Fsp3) is 0.778. The van der Waals surface area contributed by atoms with Gasteiger partial charge < -0.3 is 19.5 Å². The third-order valence-corrected chi connectivity index (χ3v) is 6.06. The van der Waals surface area contributed by atoms with Gasteiger partial charge in [0.2, 0.25) is 11.7 Å². The Morgan fingerprint density at radius 2 is 2.00 bits per heavy atom. The van der Waals surface area contributed by atoms with Crippen molar-refractivity contribution in [1.82, 2.24) is 25.0 Å². The molecule has 2 fully saturated rings. The van der Waals surface area contributed by atoms with Gasteiger partial charge in [-0.25, -0.2) is 0 Å². The molecule has 3 heterocycles. The van der Waals surface area contributed by atoms with Crippen LogP contribution in [0.15, 0.2) is 0 Å².